The summed E-state index contributed by atoms with van der Waals surface area (Å²) >= 11 is 1.97. The van der Waals surface area contributed by atoms with Gasteiger partial charge in [0.2, 0.25) is 10.0 Å². The number of rotatable bonds is 10. The quantitative estimate of drug-likeness (QED) is 0.291. The summed E-state index contributed by atoms with van der Waals surface area (Å²) in [7, 11) is -7.09. The van der Waals surface area contributed by atoms with Crippen LogP contribution in [0.3, 0.4) is 0 Å². The summed E-state index contributed by atoms with van der Waals surface area (Å²) in [5.74, 6) is -1.60. The maximum Gasteiger partial charge on any atom is 0.232 e. The molecule has 0 aliphatic carbocycles. The minimum atomic E-state index is -3.79. The lowest BCUT2D eigenvalue weighted by Gasteiger charge is -2.18. The lowest BCUT2D eigenvalue weighted by Crippen LogP contribution is -2.17. The number of halogens is 3. The first-order valence-corrected chi connectivity index (χ1v) is 15.2. The first-order chi connectivity index (χ1) is 16.4. The zero-order valence-electron chi connectivity index (χ0n) is 19.0. The number of nitrogens with one attached hydrogen (secondary N) is 1. The monoisotopic (exact) mass is 635 g/mol. The van der Waals surface area contributed by atoms with E-state index in [0.717, 1.165) is 12.1 Å². The van der Waals surface area contributed by atoms with Gasteiger partial charge in [0.1, 0.15) is 17.4 Å². The zero-order valence-corrected chi connectivity index (χ0v) is 22.8. The molecule has 3 aromatic carbocycles. The average Bonchev–Trinajstić information content (AvgIpc) is 2.78. The lowest BCUT2D eigenvalue weighted by molar-refractivity contribution is 0.477. The Hall–Kier alpha value is -2.25. The second kappa shape index (κ2) is 11.2. The number of benzene rings is 3. The van der Waals surface area contributed by atoms with Crippen LogP contribution in [0.2, 0.25) is 0 Å². The van der Waals surface area contributed by atoms with Crippen molar-refractivity contribution in [1.29, 1.82) is 0 Å². The maximum atomic E-state index is 14.6. The van der Waals surface area contributed by atoms with Gasteiger partial charge in [-0.1, -0.05) is 25.1 Å². The number of ether oxygens (including phenoxy) is 1. The Morgan fingerprint density at radius 1 is 0.914 bits per heavy atom. The molecule has 0 fully saturated rings. The molecule has 0 saturated heterocycles. The highest BCUT2D eigenvalue weighted by Gasteiger charge is 2.20. The largest absolute Gasteiger partial charge is 0.455 e. The SMILES string of the molecule is CCS(=O)(=O)Cc1cccc(Oc2cc(F)cc(Cc3ccc(I)cc3F)c2NS(=O)(=O)CC)c1. The minimum absolute atomic E-state index is 0.0159. The predicted molar refractivity (Wildman–Crippen MR) is 141 cm³/mol. The average molecular weight is 635 g/mol. The molecule has 1 N–H and O–H groups in total. The van der Waals surface area contributed by atoms with Gasteiger partial charge >= 0.3 is 0 Å². The first kappa shape index (κ1) is 27.3. The molecule has 0 aliphatic heterocycles. The standard InChI is InChI=1S/C24H24F2INO5S2/c1-3-34(29,30)15-16-6-5-7-21(10-16)33-23-13-19(25)12-18(24(23)28-35(31,32)4-2)11-17-8-9-20(27)14-22(17)26/h5-10,12-14,28H,3-4,11,15H2,1-2H3. The summed E-state index contributed by atoms with van der Waals surface area (Å²) in [6, 6.07) is 13.0. The van der Waals surface area contributed by atoms with Crippen molar-refractivity contribution >= 4 is 48.1 Å². The van der Waals surface area contributed by atoms with Gasteiger partial charge in [-0.25, -0.2) is 25.6 Å². The van der Waals surface area contributed by atoms with Crippen molar-refractivity contribution in [3.8, 4) is 11.5 Å². The van der Waals surface area contributed by atoms with Gasteiger partial charge in [-0.05, 0) is 76.5 Å². The molecule has 3 aromatic rings. The van der Waals surface area contributed by atoms with Crippen molar-refractivity contribution in [3.05, 3.63) is 86.5 Å². The Balaban J connectivity index is 2.07. The minimum Gasteiger partial charge on any atom is -0.455 e. The summed E-state index contributed by atoms with van der Waals surface area (Å²) in [6.45, 7) is 3.00. The van der Waals surface area contributed by atoms with Gasteiger partial charge in [0.15, 0.2) is 15.6 Å². The number of hydrogen-bond acceptors (Lipinski definition) is 5. The molecule has 0 unspecified atom stereocenters. The smallest absolute Gasteiger partial charge is 0.232 e. The van der Waals surface area contributed by atoms with Crippen LogP contribution in [-0.4, -0.2) is 28.3 Å². The van der Waals surface area contributed by atoms with E-state index >= 15 is 0 Å². The normalized spacial score (nSPS) is 11.9. The third-order valence-corrected chi connectivity index (χ3v) is 8.73. The van der Waals surface area contributed by atoms with Crippen molar-refractivity contribution in [1.82, 2.24) is 0 Å². The molecule has 0 spiro atoms. The Bertz CT molecular complexity index is 1440. The van der Waals surface area contributed by atoms with E-state index < -0.39 is 31.5 Å². The van der Waals surface area contributed by atoms with E-state index in [1.807, 2.05) is 22.6 Å². The van der Waals surface area contributed by atoms with Crippen LogP contribution < -0.4 is 9.46 Å². The van der Waals surface area contributed by atoms with Gasteiger partial charge in [0.05, 0.1) is 17.2 Å². The molecular weight excluding hydrogens is 611 g/mol. The number of sulfonamides is 1. The molecule has 0 bridgehead atoms. The third-order valence-electron chi connectivity index (χ3n) is 5.13. The molecule has 0 radical (unpaired) electrons. The highest BCUT2D eigenvalue weighted by molar-refractivity contribution is 14.1. The van der Waals surface area contributed by atoms with E-state index in [0.29, 0.717) is 9.13 Å². The number of sulfone groups is 1. The van der Waals surface area contributed by atoms with Gasteiger partial charge in [-0.2, -0.15) is 0 Å². The van der Waals surface area contributed by atoms with Crippen LogP contribution in [0.5, 0.6) is 11.5 Å². The molecular formula is C24H24F2INO5S2. The highest BCUT2D eigenvalue weighted by Crippen LogP contribution is 2.36. The van der Waals surface area contributed by atoms with Crippen LogP contribution in [0.4, 0.5) is 14.5 Å². The summed E-state index contributed by atoms with van der Waals surface area (Å²) in [4.78, 5) is 0. The molecule has 0 aliphatic rings. The molecule has 0 aromatic heterocycles. The molecule has 0 atom stereocenters. The third kappa shape index (κ3) is 7.61. The summed E-state index contributed by atoms with van der Waals surface area (Å²) in [6.07, 6.45) is -0.0901. The molecule has 0 saturated carbocycles. The van der Waals surface area contributed by atoms with Crippen molar-refractivity contribution in [2.75, 3.05) is 16.2 Å². The van der Waals surface area contributed by atoms with E-state index in [-0.39, 0.29) is 52.0 Å². The lowest BCUT2D eigenvalue weighted by atomic mass is 10.0. The van der Waals surface area contributed by atoms with Crippen molar-refractivity contribution in [2.45, 2.75) is 26.0 Å². The van der Waals surface area contributed by atoms with Crippen LogP contribution in [0.25, 0.3) is 0 Å². The summed E-state index contributed by atoms with van der Waals surface area (Å²) in [5.41, 5.74) is 0.892. The Labute approximate surface area is 217 Å². The van der Waals surface area contributed by atoms with E-state index in [1.54, 1.807) is 37.3 Å². The van der Waals surface area contributed by atoms with E-state index in [1.165, 1.54) is 19.1 Å². The van der Waals surface area contributed by atoms with Crippen LogP contribution in [-0.2, 0) is 32.0 Å². The van der Waals surface area contributed by atoms with Crippen molar-refractivity contribution < 1.29 is 30.4 Å². The van der Waals surface area contributed by atoms with Crippen molar-refractivity contribution in [2.24, 2.45) is 0 Å². The maximum absolute atomic E-state index is 14.6. The molecule has 188 valence electrons. The van der Waals surface area contributed by atoms with Gasteiger partial charge in [0, 0.05) is 21.8 Å². The molecule has 0 amide bonds. The Kier molecular flexibility index (Phi) is 8.76. The second-order valence-corrected chi connectivity index (χ2v) is 13.4. The van der Waals surface area contributed by atoms with Crippen molar-refractivity contribution in [3.63, 3.8) is 0 Å². The fraction of sp³-hybridized carbons (Fsp3) is 0.250. The molecule has 3 rings (SSSR count). The van der Waals surface area contributed by atoms with Crippen LogP contribution in [0.15, 0.2) is 54.6 Å². The zero-order chi connectivity index (χ0) is 25.8. The number of anilines is 1. The highest BCUT2D eigenvalue weighted by atomic mass is 127. The van der Waals surface area contributed by atoms with E-state index in [9.17, 15) is 25.6 Å². The molecule has 0 heterocycles. The van der Waals surface area contributed by atoms with Gasteiger partial charge in [-0.3, -0.25) is 4.72 Å². The van der Waals surface area contributed by atoms with E-state index in [4.69, 9.17) is 4.74 Å². The first-order valence-electron chi connectivity index (χ1n) is 10.7. The predicted octanol–water partition coefficient (Wildman–Crippen LogP) is 5.65. The van der Waals surface area contributed by atoms with Crippen LogP contribution in [0, 0.1) is 15.2 Å². The van der Waals surface area contributed by atoms with Gasteiger partial charge in [-0.15, -0.1) is 0 Å². The van der Waals surface area contributed by atoms with E-state index in [2.05, 4.69) is 4.72 Å². The molecule has 35 heavy (non-hydrogen) atoms. The van der Waals surface area contributed by atoms with Crippen LogP contribution in [0.1, 0.15) is 30.5 Å². The van der Waals surface area contributed by atoms with Crippen LogP contribution >= 0.6 is 22.6 Å². The second-order valence-electron chi connectivity index (χ2n) is 7.78. The Morgan fingerprint density at radius 2 is 1.66 bits per heavy atom. The summed E-state index contributed by atoms with van der Waals surface area (Å²) < 4.78 is 86.9. The topological polar surface area (TPSA) is 89.5 Å². The Morgan fingerprint density at radius 3 is 2.31 bits per heavy atom. The summed E-state index contributed by atoms with van der Waals surface area (Å²) in [5, 5.41) is 0. The van der Waals surface area contributed by atoms with Gasteiger partial charge in [0.25, 0.3) is 0 Å². The molecule has 11 heteroatoms. The fourth-order valence-corrected chi connectivity index (χ4v) is 5.28. The molecule has 6 nitrogen and oxygen atoms in total. The van der Waals surface area contributed by atoms with Gasteiger partial charge < -0.3 is 4.74 Å². The fourth-order valence-electron chi connectivity index (χ4n) is 3.25. The number of hydrogen-bond donors (Lipinski definition) is 1.